The van der Waals surface area contributed by atoms with Crippen LogP contribution in [0.1, 0.15) is 36.9 Å². The smallest absolute Gasteiger partial charge is 0.410 e. The third-order valence-corrected chi connectivity index (χ3v) is 6.25. The standard InChI is InChI=1S/C23H26FN5O4S/c1-23(2,3)33-22(32)29-9-8-16(17(30)11-29)28-20(31)18-10-15-19(25-12-26-21(15)34-18)27-14-6-4-13(24)5-7-14/h4-7,10,12,16-17,30H,8-9,11H2,1-3H3,(H,28,31)(H,25,26,27)/t16-,17-/m0/s1. The number of anilines is 2. The number of aliphatic hydroxyl groups is 1. The molecular weight excluding hydrogens is 461 g/mol. The molecule has 1 aliphatic heterocycles. The number of carbonyl (C=O) groups excluding carboxylic acids is 2. The highest BCUT2D eigenvalue weighted by molar-refractivity contribution is 7.20. The Hall–Kier alpha value is -3.31. The number of halogens is 1. The van der Waals surface area contributed by atoms with E-state index in [4.69, 9.17) is 4.74 Å². The van der Waals surface area contributed by atoms with Crippen LogP contribution in [0, 0.1) is 5.82 Å². The number of nitrogens with zero attached hydrogens (tertiary/aromatic N) is 3. The van der Waals surface area contributed by atoms with Gasteiger partial charge in [-0.25, -0.2) is 19.2 Å². The van der Waals surface area contributed by atoms with Crippen LogP contribution in [0.15, 0.2) is 36.7 Å². The summed E-state index contributed by atoms with van der Waals surface area (Å²) in [5.74, 6) is -0.185. The normalized spacial score (nSPS) is 18.6. The number of rotatable bonds is 4. The molecule has 0 unspecified atom stereocenters. The number of ether oxygens (including phenoxy) is 1. The van der Waals surface area contributed by atoms with E-state index in [1.165, 1.54) is 34.7 Å². The van der Waals surface area contributed by atoms with Gasteiger partial charge in [0.2, 0.25) is 0 Å². The van der Waals surface area contributed by atoms with Crippen LogP contribution in [0.3, 0.4) is 0 Å². The van der Waals surface area contributed by atoms with Gasteiger partial charge in [0, 0.05) is 12.2 Å². The van der Waals surface area contributed by atoms with E-state index in [1.54, 1.807) is 39.0 Å². The van der Waals surface area contributed by atoms with Gasteiger partial charge in [-0.2, -0.15) is 0 Å². The van der Waals surface area contributed by atoms with Crippen molar-refractivity contribution in [1.82, 2.24) is 20.2 Å². The summed E-state index contributed by atoms with van der Waals surface area (Å²) in [7, 11) is 0. The van der Waals surface area contributed by atoms with Gasteiger partial charge < -0.3 is 25.4 Å². The number of carbonyl (C=O) groups is 2. The lowest BCUT2D eigenvalue weighted by Gasteiger charge is -2.36. The molecule has 1 saturated heterocycles. The van der Waals surface area contributed by atoms with Crippen molar-refractivity contribution < 1.29 is 23.8 Å². The topological polar surface area (TPSA) is 117 Å². The number of likely N-dealkylation sites (tertiary alicyclic amines) is 1. The van der Waals surface area contributed by atoms with Crippen LogP contribution in [0.25, 0.3) is 10.2 Å². The van der Waals surface area contributed by atoms with Gasteiger partial charge in [0.15, 0.2) is 0 Å². The maximum atomic E-state index is 13.2. The summed E-state index contributed by atoms with van der Waals surface area (Å²) in [5, 5.41) is 17.2. The van der Waals surface area contributed by atoms with Crippen LogP contribution >= 0.6 is 11.3 Å². The predicted molar refractivity (Wildman–Crippen MR) is 127 cm³/mol. The first-order chi connectivity index (χ1) is 16.1. The molecule has 3 aromatic rings. The number of aromatic nitrogens is 2. The molecule has 2 aromatic heterocycles. The van der Waals surface area contributed by atoms with Crippen molar-refractivity contribution in [3.05, 3.63) is 47.4 Å². The average Bonchev–Trinajstić information content (AvgIpc) is 3.21. The van der Waals surface area contributed by atoms with Crippen molar-refractivity contribution in [3.63, 3.8) is 0 Å². The molecule has 2 amide bonds. The van der Waals surface area contributed by atoms with Crippen molar-refractivity contribution >= 4 is 45.1 Å². The molecule has 0 saturated carbocycles. The Balaban J connectivity index is 1.42. The molecule has 11 heteroatoms. The molecule has 4 rings (SSSR count). The van der Waals surface area contributed by atoms with Gasteiger partial charge in [-0.1, -0.05) is 0 Å². The minimum Gasteiger partial charge on any atom is -0.444 e. The minimum absolute atomic E-state index is 0.0729. The molecule has 1 fully saturated rings. The van der Waals surface area contributed by atoms with Gasteiger partial charge in [-0.3, -0.25) is 4.79 Å². The summed E-state index contributed by atoms with van der Waals surface area (Å²) in [6.45, 7) is 5.78. The molecule has 1 aromatic carbocycles. The highest BCUT2D eigenvalue weighted by atomic mass is 32.1. The maximum Gasteiger partial charge on any atom is 0.410 e. The molecule has 3 heterocycles. The summed E-state index contributed by atoms with van der Waals surface area (Å²) in [6.07, 6.45) is 0.382. The molecule has 9 nitrogen and oxygen atoms in total. The summed E-state index contributed by atoms with van der Waals surface area (Å²) in [4.78, 5) is 36.1. The molecule has 0 bridgehead atoms. The largest absolute Gasteiger partial charge is 0.444 e. The van der Waals surface area contributed by atoms with Crippen molar-refractivity contribution in [1.29, 1.82) is 0 Å². The molecule has 0 spiro atoms. The minimum atomic E-state index is -0.921. The molecule has 2 atom stereocenters. The fourth-order valence-corrected chi connectivity index (χ4v) is 4.47. The first-order valence-corrected chi connectivity index (χ1v) is 11.6. The molecule has 0 radical (unpaired) electrons. The third-order valence-electron chi connectivity index (χ3n) is 5.21. The van der Waals surface area contributed by atoms with E-state index in [0.717, 1.165) is 0 Å². The second-order valence-corrected chi connectivity index (χ2v) is 10.1. The SMILES string of the molecule is CC(C)(C)OC(=O)N1CC[C@H](NC(=O)c2cc3c(Nc4ccc(F)cc4)ncnc3s2)[C@@H](O)C1. The molecular formula is C23H26FN5O4S. The second kappa shape index (κ2) is 9.51. The summed E-state index contributed by atoms with van der Waals surface area (Å²) in [5.41, 5.74) is 0.0279. The van der Waals surface area contributed by atoms with Crippen LogP contribution in [0.4, 0.5) is 20.7 Å². The number of amides is 2. The van der Waals surface area contributed by atoms with E-state index >= 15 is 0 Å². The monoisotopic (exact) mass is 487 g/mol. The number of β-amino-alcohol motifs (C(OH)–C–C–N with tert-alkyl or cyclic N) is 1. The van der Waals surface area contributed by atoms with Crippen LogP contribution in [-0.2, 0) is 4.74 Å². The van der Waals surface area contributed by atoms with E-state index in [1.807, 2.05) is 0 Å². The zero-order chi connectivity index (χ0) is 24.5. The Kier molecular flexibility index (Phi) is 6.67. The summed E-state index contributed by atoms with van der Waals surface area (Å²) < 4.78 is 18.5. The van der Waals surface area contributed by atoms with Gasteiger partial charge in [0.25, 0.3) is 5.91 Å². The number of aliphatic hydroxyl groups excluding tert-OH is 1. The fraction of sp³-hybridized carbons (Fsp3) is 0.391. The Morgan fingerprint density at radius 3 is 2.65 bits per heavy atom. The molecule has 34 heavy (non-hydrogen) atoms. The zero-order valence-electron chi connectivity index (χ0n) is 19.0. The van der Waals surface area contributed by atoms with Crippen molar-refractivity contribution in [2.45, 2.75) is 44.9 Å². The lowest BCUT2D eigenvalue weighted by atomic mass is 10.0. The third kappa shape index (κ3) is 5.60. The van der Waals surface area contributed by atoms with Gasteiger partial charge >= 0.3 is 6.09 Å². The highest BCUT2D eigenvalue weighted by Gasteiger charge is 2.33. The first kappa shape index (κ1) is 23.8. The maximum absolute atomic E-state index is 13.2. The van der Waals surface area contributed by atoms with Crippen LogP contribution < -0.4 is 10.6 Å². The molecule has 3 N–H and O–H groups in total. The Morgan fingerprint density at radius 1 is 1.24 bits per heavy atom. The highest BCUT2D eigenvalue weighted by Crippen LogP contribution is 2.30. The second-order valence-electron chi connectivity index (χ2n) is 9.05. The van der Waals surface area contributed by atoms with Gasteiger partial charge in [-0.05, 0) is 57.5 Å². The Labute approximate surface area is 200 Å². The fourth-order valence-electron chi connectivity index (χ4n) is 3.57. The summed E-state index contributed by atoms with van der Waals surface area (Å²) >= 11 is 1.20. The number of hydrogen-bond donors (Lipinski definition) is 3. The number of hydrogen-bond acceptors (Lipinski definition) is 8. The lowest BCUT2D eigenvalue weighted by Crippen LogP contribution is -2.55. The van der Waals surface area contributed by atoms with Crippen molar-refractivity contribution in [2.24, 2.45) is 0 Å². The number of thiophene rings is 1. The van der Waals surface area contributed by atoms with E-state index < -0.39 is 23.8 Å². The summed E-state index contributed by atoms with van der Waals surface area (Å²) in [6, 6.07) is 7.05. The average molecular weight is 488 g/mol. The predicted octanol–water partition coefficient (Wildman–Crippen LogP) is 3.67. The Bertz CT molecular complexity index is 1190. The van der Waals surface area contributed by atoms with Gasteiger partial charge in [-0.15, -0.1) is 11.3 Å². The number of nitrogens with one attached hydrogen (secondary N) is 2. The van der Waals surface area contributed by atoms with E-state index in [2.05, 4.69) is 20.6 Å². The van der Waals surface area contributed by atoms with Gasteiger partial charge in [0.05, 0.1) is 29.0 Å². The number of piperidine rings is 1. The first-order valence-electron chi connectivity index (χ1n) is 10.8. The van der Waals surface area contributed by atoms with Crippen LogP contribution in [0.2, 0.25) is 0 Å². The van der Waals surface area contributed by atoms with E-state index in [0.29, 0.717) is 39.6 Å². The van der Waals surface area contributed by atoms with Crippen molar-refractivity contribution in [3.8, 4) is 0 Å². The zero-order valence-corrected chi connectivity index (χ0v) is 19.9. The van der Waals surface area contributed by atoms with E-state index in [9.17, 15) is 19.1 Å². The number of benzene rings is 1. The molecule has 1 aliphatic rings. The lowest BCUT2D eigenvalue weighted by molar-refractivity contribution is -0.00407. The van der Waals surface area contributed by atoms with Crippen LogP contribution in [0.5, 0.6) is 0 Å². The molecule has 0 aliphatic carbocycles. The van der Waals surface area contributed by atoms with Gasteiger partial charge in [0.1, 0.15) is 28.4 Å². The quantitative estimate of drug-likeness (QED) is 0.514. The Morgan fingerprint density at radius 2 is 1.97 bits per heavy atom. The molecule has 180 valence electrons. The van der Waals surface area contributed by atoms with Crippen molar-refractivity contribution in [2.75, 3.05) is 18.4 Å². The van der Waals surface area contributed by atoms with E-state index in [-0.39, 0.29) is 18.3 Å². The van der Waals surface area contributed by atoms with Crippen LogP contribution in [-0.4, -0.2) is 62.8 Å². The number of fused-ring (bicyclic) bond motifs is 1.